The van der Waals surface area contributed by atoms with E-state index in [4.69, 9.17) is 19.0 Å². The molecule has 174 valence electrons. The van der Waals surface area contributed by atoms with Crippen molar-refractivity contribution in [1.29, 1.82) is 0 Å². The topological polar surface area (TPSA) is 207 Å². The van der Waals surface area contributed by atoms with Crippen LogP contribution in [0, 0.1) is 0 Å². The number of ether oxygens (including phenoxy) is 2. The minimum absolute atomic E-state index is 0.00717. The molecule has 1 aliphatic heterocycles. The third-order valence-corrected chi connectivity index (χ3v) is 5.09. The van der Waals surface area contributed by atoms with Crippen LogP contribution in [-0.4, -0.2) is 72.4 Å². The van der Waals surface area contributed by atoms with Crippen molar-refractivity contribution in [3.8, 4) is 34.3 Å². The molecule has 1 aliphatic rings. The van der Waals surface area contributed by atoms with Gasteiger partial charge in [-0.2, -0.15) is 0 Å². The number of phenolic OH excluding ortho intramolecular Hbond substituents is 3. The molecular formula is C21H18O12. The summed E-state index contributed by atoms with van der Waals surface area (Å²) in [5.41, 5.74) is -0.903. The molecule has 2 aromatic carbocycles. The van der Waals surface area contributed by atoms with Crippen LogP contribution in [-0.2, 0) is 9.53 Å². The molecule has 7 N–H and O–H groups in total. The number of carboxylic acids is 1. The molecule has 0 aliphatic carbocycles. The minimum atomic E-state index is -1.92. The van der Waals surface area contributed by atoms with Crippen molar-refractivity contribution >= 4 is 16.9 Å². The Bertz CT molecular complexity index is 1280. The summed E-state index contributed by atoms with van der Waals surface area (Å²) in [5, 5.41) is 68.7. The van der Waals surface area contributed by atoms with Crippen LogP contribution in [0.1, 0.15) is 0 Å². The Morgan fingerprint density at radius 1 is 0.909 bits per heavy atom. The number of fused-ring (bicyclic) bond motifs is 1. The Labute approximate surface area is 183 Å². The van der Waals surface area contributed by atoms with E-state index in [1.54, 1.807) is 0 Å². The van der Waals surface area contributed by atoms with Gasteiger partial charge in [-0.25, -0.2) is 4.79 Å². The Morgan fingerprint density at radius 2 is 1.64 bits per heavy atom. The predicted molar refractivity (Wildman–Crippen MR) is 108 cm³/mol. The predicted octanol–water partition coefficient (Wildman–Crippen LogP) is -0.152. The molecule has 12 heteroatoms. The number of aliphatic carboxylic acids is 1. The Kier molecular flexibility index (Phi) is 5.59. The Hall–Kier alpha value is -3.84. The van der Waals surface area contributed by atoms with E-state index < -0.39 is 47.9 Å². The lowest BCUT2D eigenvalue weighted by Crippen LogP contribution is -2.61. The average Bonchev–Trinajstić information content (AvgIpc) is 2.75. The van der Waals surface area contributed by atoms with Gasteiger partial charge in [0.1, 0.15) is 58.0 Å². The third-order valence-electron chi connectivity index (χ3n) is 5.09. The summed E-state index contributed by atoms with van der Waals surface area (Å²) in [6.45, 7) is 0. The number of aromatic hydroxyl groups is 3. The largest absolute Gasteiger partial charge is 0.508 e. The molecule has 1 aromatic heterocycles. The third kappa shape index (κ3) is 4.03. The SMILES string of the molecule is O=C(O)[C@H]1O[C@@H](Oc2cc(O)c3c(=O)cc(-c4cc(O)ccc4O)oc3c2)[C@H](O)[C@@H](O)[C@@H]1O. The standard InChI is InChI=1S/C21H18O12/c22-7-1-2-10(23)9(3-7)13-6-12(25)15-11(24)4-8(5-14(15)32-13)31-21-18(28)16(26)17(27)19(33-21)20(29)30/h1-6,16-19,21-24,26-28H,(H,29,30)/t16-,17-,18+,19-,21+/m0/s1. The molecule has 0 saturated carbocycles. The molecule has 4 rings (SSSR count). The first-order valence-corrected chi connectivity index (χ1v) is 9.49. The highest BCUT2D eigenvalue weighted by Gasteiger charge is 2.48. The first-order valence-electron chi connectivity index (χ1n) is 9.49. The van der Waals surface area contributed by atoms with Crippen LogP contribution >= 0.6 is 0 Å². The quantitative estimate of drug-likeness (QED) is 0.253. The van der Waals surface area contributed by atoms with Crippen LogP contribution in [0.4, 0.5) is 0 Å². The van der Waals surface area contributed by atoms with Gasteiger partial charge in [0.2, 0.25) is 6.29 Å². The number of phenols is 3. The summed E-state index contributed by atoms with van der Waals surface area (Å²) in [5.74, 6) is -3.07. The van der Waals surface area contributed by atoms with E-state index in [1.165, 1.54) is 12.1 Å². The molecule has 0 radical (unpaired) electrons. The van der Waals surface area contributed by atoms with Crippen molar-refractivity contribution in [2.24, 2.45) is 0 Å². The van der Waals surface area contributed by atoms with E-state index in [0.717, 1.165) is 24.3 Å². The lowest BCUT2D eigenvalue weighted by atomic mass is 9.99. The maximum Gasteiger partial charge on any atom is 0.335 e. The second-order valence-electron chi connectivity index (χ2n) is 7.34. The van der Waals surface area contributed by atoms with Crippen LogP contribution in [0.2, 0.25) is 0 Å². The number of aliphatic hydroxyl groups excluding tert-OH is 3. The second-order valence-corrected chi connectivity index (χ2v) is 7.34. The molecule has 0 bridgehead atoms. The zero-order valence-electron chi connectivity index (χ0n) is 16.5. The molecule has 33 heavy (non-hydrogen) atoms. The van der Waals surface area contributed by atoms with E-state index in [9.17, 15) is 40.2 Å². The fourth-order valence-corrected chi connectivity index (χ4v) is 3.45. The highest BCUT2D eigenvalue weighted by atomic mass is 16.7. The van der Waals surface area contributed by atoms with Gasteiger partial charge in [0.25, 0.3) is 0 Å². The van der Waals surface area contributed by atoms with Crippen molar-refractivity contribution in [2.75, 3.05) is 0 Å². The fourth-order valence-electron chi connectivity index (χ4n) is 3.45. The lowest BCUT2D eigenvalue weighted by molar-refractivity contribution is -0.271. The first kappa shape index (κ1) is 22.4. The van der Waals surface area contributed by atoms with Gasteiger partial charge in [0.05, 0.1) is 5.56 Å². The zero-order chi connectivity index (χ0) is 24.0. The number of hydrogen-bond acceptors (Lipinski definition) is 11. The number of aliphatic hydroxyl groups is 3. The van der Waals surface area contributed by atoms with Crippen LogP contribution in [0.15, 0.2) is 45.6 Å². The lowest BCUT2D eigenvalue weighted by Gasteiger charge is -2.38. The number of carbonyl (C=O) groups is 1. The number of benzene rings is 2. The average molecular weight is 462 g/mol. The van der Waals surface area contributed by atoms with E-state index in [0.29, 0.717) is 0 Å². The highest BCUT2D eigenvalue weighted by Crippen LogP contribution is 2.36. The van der Waals surface area contributed by atoms with Crippen LogP contribution in [0.25, 0.3) is 22.3 Å². The van der Waals surface area contributed by atoms with Crippen molar-refractivity contribution in [3.05, 3.63) is 46.6 Å². The minimum Gasteiger partial charge on any atom is -0.508 e. The molecule has 2 heterocycles. The summed E-state index contributed by atoms with van der Waals surface area (Å²) < 4.78 is 16.0. The molecule has 3 aromatic rings. The Balaban J connectivity index is 1.74. The van der Waals surface area contributed by atoms with Crippen molar-refractivity contribution < 1.29 is 54.4 Å². The van der Waals surface area contributed by atoms with Gasteiger partial charge in [0.15, 0.2) is 11.5 Å². The monoisotopic (exact) mass is 462 g/mol. The van der Waals surface area contributed by atoms with Crippen LogP contribution < -0.4 is 10.2 Å². The molecule has 0 unspecified atom stereocenters. The van der Waals surface area contributed by atoms with E-state index in [2.05, 4.69) is 0 Å². The molecule has 12 nitrogen and oxygen atoms in total. The second kappa shape index (κ2) is 8.26. The number of rotatable bonds is 4. The smallest absolute Gasteiger partial charge is 0.335 e. The van der Waals surface area contributed by atoms with Crippen LogP contribution in [0.5, 0.6) is 23.0 Å². The van der Waals surface area contributed by atoms with E-state index in [1.807, 2.05) is 0 Å². The fraction of sp³-hybridized carbons (Fsp3) is 0.238. The highest BCUT2D eigenvalue weighted by molar-refractivity contribution is 5.86. The van der Waals surface area contributed by atoms with E-state index >= 15 is 0 Å². The molecule has 5 atom stereocenters. The summed E-state index contributed by atoms with van der Waals surface area (Å²) in [4.78, 5) is 23.8. The van der Waals surface area contributed by atoms with Gasteiger partial charge in [-0.05, 0) is 18.2 Å². The summed E-state index contributed by atoms with van der Waals surface area (Å²) in [6, 6.07) is 6.68. The van der Waals surface area contributed by atoms with Gasteiger partial charge in [-0.3, -0.25) is 4.79 Å². The summed E-state index contributed by atoms with van der Waals surface area (Å²) >= 11 is 0. The van der Waals surface area contributed by atoms with Gasteiger partial charge < -0.3 is 49.6 Å². The molecule has 1 fully saturated rings. The normalized spacial score (nSPS) is 25.1. The maximum absolute atomic E-state index is 12.5. The van der Waals surface area contributed by atoms with Crippen molar-refractivity contribution in [3.63, 3.8) is 0 Å². The maximum atomic E-state index is 12.5. The van der Waals surface area contributed by atoms with E-state index in [-0.39, 0.29) is 39.5 Å². The van der Waals surface area contributed by atoms with Crippen molar-refractivity contribution in [1.82, 2.24) is 0 Å². The number of hydrogen-bond donors (Lipinski definition) is 7. The molecule has 0 spiro atoms. The molecular weight excluding hydrogens is 444 g/mol. The van der Waals surface area contributed by atoms with Crippen molar-refractivity contribution in [2.45, 2.75) is 30.7 Å². The summed E-state index contributed by atoms with van der Waals surface area (Å²) in [6.07, 6.45) is -9.34. The van der Waals surface area contributed by atoms with Gasteiger partial charge in [-0.15, -0.1) is 0 Å². The molecule has 1 saturated heterocycles. The van der Waals surface area contributed by atoms with Gasteiger partial charge >= 0.3 is 5.97 Å². The first-order chi connectivity index (χ1) is 15.6. The van der Waals surface area contributed by atoms with Gasteiger partial charge in [-0.1, -0.05) is 0 Å². The Morgan fingerprint density at radius 3 is 2.33 bits per heavy atom. The molecule has 0 amide bonds. The summed E-state index contributed by atoms with van der Waals surface area (Å²) in [7, 11) is 0. The van der Waals surface area contributed by atoms with Crippen LogP contribution in [0.3, 0.4) is 0 Å². The van der Waals surface area contributed by atoms with Gasteiger partial charge in [0, 0.05) is 18.2 Å². The number of carboxylic acid groups (broad SMARTS) is 1. The zero-order valence-corrected chi connectivity index (χ0v) is 16.5.